The van der Waals surface area contributed by atoms with Gasteiger partial charge in [0.15, 0.2) is 11.3 Å². The highest BCUT2D eigenvalue weighted by atomic mass is 16.4. The lowest BCUT2D eigenvalue weighted by molar-refractivity contribution is -0.120. The van der Waals surface area contributed by atoms with Crippen molar-refractivity contribution in [2.75, 3.05) is 27.2 Å². The lowest BCUT2D eigenvalue weighted by Gasteiger charge is -2.11. The van der Waals surface area contributed by atoms with Crippen molar-refractivity contribution in [1.82, 2.24) is 10.2 Å². The fourth-order valence-corrected chi connectivity index (χ4v) is 2.48. The molecule has 0 atom stereocenters. The molecule has 7 nitrogen and oxygen atoms in total. The SMILES string of the molecule is Cc1c(CC(=O)NCCCN(C)C)c(=O)oc2c(O)c(O)ccc12. The Morgan fingerprint density at radius 2 is 2.00 bits per heavy atom. The summed E-state index contributed by atoms with van der Waals surface area (Å²) in [6, 6.07) is 2.86. The van der Waals surface area contributed by atoms with Crippen LogP contribution in [0.25, 0.3) is 11.0 Å². The summed E-state index contributed by atoms with van der Waals surface area (Å²) in [5, 5.41) is 22.6. The molecule has 2 rings (SSSR count). The molecule has 7 heteroatoms. The standard InChI is InChI=1S/C17H22N2O5/c1-10-11-5-6-13(20)15(22)16(11)24-17(23)12(10)9-14(21)18-7-4-8-19(2)3/h5-6,20,22H,4,7-9H2,1-3H3,(H,18,21). The number of phenolic OH excluding ortho intramolecular Hbond substituents is 2. The number of aromatic hydroxyl groups is 2. The van der Waals surface area contributed by atoms with E-state index in [9.17, 15) is 19.8 Å². The summed E-state index contributed by atoms with van der Waals surface area (Å²) in [6.07, 6.45) is 0.727. The van der Waals surface area contributed by atoms with E-state index in [1.165, 1.54) is 6.07 Å². The van der Waals surface area contributed by atoms with Gasteiger partial charge >= 0.3 is 5.63 Å². The fourth-order valence-electron chi connectivity index (χ4n) is 2.48. The van der Waals surface area contributed by atoms with Crippen molar-refractivity contribution < 1.29 is 19.4 Å². The molecule has 0 aliphatic carbocycles. The third kappa shape index (κ3) is 3.86. The van der Waals surface area contributed by atoms with Gasteiger partial charge in [-0.15, -0.1) is 0 Å². The van der Waals surface area contributed by atoms with Gasteiger partial charge in [0.1, 0.15) is 0 Å². The van der Waals surface area contributed by atoms with Gasteiger partial charge in [-0.2, -0.15) is 0 Å². The van der Waals surface area contributed by atoms with Gasteiger partial charge < -0.3 is 24.8 Å². The number of phenols is 2. The first-order valence-electron chi connectivity index (χ1n) is 7.70. The predicted molar refractivity (Wildman–Crippen MR) is 90.4 cm³/mol. The first kappa shape index (κ1) is 17.8. The summed E-state index contributed by atoms with van der Waals surface area (Å²) in [5.74, 6) is -1.10. The molecule has 0 spiro atoms. The van der Waals surface area contributed by atoms with Crippen molar-refractivity contribution >= 4 is 16.9 Å². The minimum Gasteiger partial charge on any atom is -0.504 e. The van der Waals surface area contributed by atoms with Crippen molar-refractivity contribution in [2.24, 2.45) is 0 Å². The number of hydrogen-bond donors (Lipinski definition) is 3. The van der Waals surface area contributed by atoms with E-state index in [1.54, 1.807) is 13.0 Å². The highest BCUT2D eigenvalue weighted by Crippen LogP contribution is 2.34. The molecule has 1 aromatic heterocycles. The van der Waals surface area contributed by atoms with Crippen LogP contribution < -0.4 is 10.9 Å². The first-order chi connectivity index (χ1) is 11.3. The molecule has 0 fully saturated rings. The van der Waals surface area contributed by atoms with Crippen LogP contribution in [0, 0.1) is 6.92 Å². The normalized spacial score (nSPS) is 11.2. The molecule has 24 heavy (non-hydrogen) atoms. The number of rotatable bonds is 6. The summed E-state index contributed by atoms with van der Waals surface area (Å²) in [4.78, 5) is 26.2. The van der Waals surface area contributed by atoms with Crippen LogP contribution in [0.2, 0.25) is 0 Å². The smallest absolute Gasteiger partial charge is 0.340 e. The molecule has 0 saturated heterocycles. The van der Waals surface area contributed by atoms with E-state index < -0.39 is 11.4 Å². The van der Waals surface area contributed by atoms with E-state index in [1.807, 2.05) is 19.0 Å². The van der Waals surface area contributed by atoms with Crippen molar-refractivity contribution in [1.29, 1.82) is 0 Å². The van der Waals surface area contributed by atoms with E-state index in [2.05, 4.69) is 5.32 Å². The maximum absolute atomic E-state index is 12.1. The van der Waals surface area contributed by atoms with E-state index in [-0.39, 0.29) is 29.2 Å². The van der Waals surface area contributed by atoms with E-state index in [0.29, 0.717) is 17.5 Å². The second-order valence-electron chi connectivity index (χ2n) is 5.99. The third-order valence-corrected chi connectivity index (χ3v) is 3.85. The zero-order valence-corrected chi connectivity index (χ0v) is 14.0. The molecule has 130 valence electrons. The fraction of sp³-hybridized carbons (Fsp3) is 0.412. The van der Waals surface area contributed by atoms with Crippen molar-refractivity contribution in [3.63, 3.8) is 0 Å². The van der Waals surface area contributed by atoms with Gasteiger partial charge in [-0.3, -0.25) is 4.79 Å². The van der Waals surface area contributed by atoms with Crippen molar-refractivity contribution in [3.8, 4) is 11.5 Å². The van der Waals surface area contributed by atoms with Gasteiger partial charge in [0.25, 0.3) is 0 Å². The molecule has 0 saturated carbocycles. The van der Waals surface area contributed by atoms with Gasteiger partial charge in [-0.1, -0.05) is 0 Å². The Kier molecular flexibility index (Phi) is 5.46. The zero-order valence-electron chi connectivity index (χ0n) is 14.0. The van der Waals surface area contributed by atoms with Crippen LogP contribution in [0.5, 0.6) is 11.5 Å². The summed E-state index contributed by atoms with van der Waals surface area (Å²) < 4.78 is 5.09. The Morgan fingerprint density at radius 1 is 1.29 bits per heavy atom. The van der Waals surface area contributed by atoms with E-state index in [4.69, 9.17) is 4.42 Å². The summed E-state index contributed by atoms with van der Waals surface area (Å²) in [5.41, 5.74) is 0.0367. The number of carbonyl (C=O) groups excluding carboxylic acids is 1. The number of nitrogens with one attached hydrogen (secondary N) is 1. The number of hydrogen-bond acceptors (Lipinski definition) is 6. The quantitative estimate of drug-likeness (QED) is 0.416. The van der Waals surface area contributed by atoms with Crippen molar-refractivity contribution in [2.45, 2.75) is 19.8 Å². The number of fused-ring (bicyclic) bond motifs is 1. The van der Waals surface area contributed by atoms with Gasteiger partial charge in [0, 0.05) is 11.9 Å². The van der Waals surface area contributed by atoms with Crippen molar-refractivity contribution in [3.05, 3.63) is 33.7 Å². The molecule has 0 bridgehead atoms. The largest absolute Gasteiger partial charge is 0.504 e. The molecule has 1 amide bonds. The highest BCUT2D eigenvalue weighted by Gasteiger charge is 2.17. The lowest BCUT2D eigenvalue weighted by Crippen LogP contribution is -2.30. The van der Waals surface area contributed by atoms with E-state index >= 15 is 0 Å². The Labute approximate surface area is 139 Å². The molecular weight excluding hydrogens is 312 g/mol. The highest BCUT2D eigenvalue weighted by molar-refractivity contribution is 5.89. The van der Waals surface area contributed by atoms with Gasteiger partial charge in [0.05, 0.1) is 12.0 Å². The molecule has 3 N–H and O–H groups in total. The molecule has 1 heterocycles. The molecular formula is C17H22N2O5. The first-order valence-corrected chi connectivity index (χ1v) is 7.70. The molecule has 0 radical (unpaired) electrons. The molecule has 2 aromatic rings. The Bertz CT molecular complexity index is 811. The van der Waals surface area contributed by atoms with Crippen LogP contribution >= 0.6 is 0 Å². The average Bonchev–Trinajstić information content (AvgIpc) is 2.52. The third-order valence-electron chi connectivity index (χ3n) is 3.85. The maximum atomic E-state index is 12.1. The number of nitrogens with zero attached hydrogens (tertiary/aromatic N) is 1. The van der Waals surface area contributed by atoms with Crippen LogP contribution in [-0.2, 0) is 11.2 Å². The van der Waals surface area contributed by atoms with Crippen LogP contribution in [0.3, 0.4) is 0 Å². The predicted octanol–water partition coefficient (Wildman–Crippen LogP) is 1.12. The number of benzene rings is 1. The Hall–Kier alpha value is -2.54. The van der Waals surface area contributed by atoms with Gasteiger partial charge in [-0.25, -0.2) is 4.79 Å². The van der Waals surface area contributed by atoms with Gasteiger partial charge in [-0.05, 0) is 51.7 Å². The number of amides is 1. The van der Waals surface area contributed by atoms with E-state index in [0.717, 1.165) is 13.0 Å². The Balaban J connectivity index is 2.19. The number of carbonyl (C=O) groups is 1. The molecule has 0 aliphatic heterocycles. The second-order valence-corrected chi connectivity index (χ2v) is 5.99. The zero-order chi connectivity index (χ0) is 17.9. The molecule has 0 unspecified atom stereocenters. The monoisotopic (exact) mass is 334 g/mol. The second kappa shape index (κ2) is 7.35. The summed E-state index contributed by atoms with van der Waals surface area (Å²) in [7, 11) is 3.91. The van der Waals surface area contributed by atoms with Crippen LogP contribution in [0.1, 0.15) is 17.5 Å². The summed E-state index contributed by atoms with van der Waals surface area (Å²) >= 11 is 0. The summed E-state index contributed by atoms with van der Waals surface area (Å²) in [6.45, 7) is 3.08. The van der Waals surface area contributed by atoms with Gasteiger partial charge in [0.2, 0.25) is 11.7 Å². The van der Waals surface area contributed by atoms with Crippen LogP contribution in [-0.4, -0.2) is 48.2 Å². The maximum Gasteiger partial charge on any atom is 0.340 e. The lowest BCUT2D eigenvalue weighted by atomic mass is 10.0. The molecule has 0 aliphatic rings. The van der Waals surface area contributed by atoms with Crippen LogP contribution in [0.4, 0.5) is 0 Å². The number of aryl methyl sites for hydroxylation is 1. The minimum atomic E-state index is -0.690. The average molecular weight is 334 g/mol. The topological polar surface area (TPSA) is 103 Å². The van der Waals surface area contributed by atoms with Crippen LogP contribution in [0.15, 0.2) is 21.3 Å². The Morgan fingerprint density at radius 3 is 2.67 bits per heavy atom. The minimum absolute atomic E-state index is 0.0763. The molecule has 1 aromatic carbocycles.